The van der Waals surface area contributed by atoms with Crippen LogP contribution in [0, 0.1) is 5.82 Å². The van der Waals surface area contributed by atoms with E-state index in [0.717, 1.165) is 6.07 Å². The summed E-state index contributed by atoms with van der Waals surface area (Å²) in [5.74, 6) is -2.61. The summed E-state index contributed by atoms with van der Waals surface area (Å²) in [5, 5.41) is -0.0857. The van der Waals surface area contributed by atoms with Crippen molar-refractivity contribution in [3.63, 3.8) is 0 Å². The van der Waals surface area contributed by atoms with E-state index in [1.165, 1.54) is 48.1 Å². The van der Waals surface area contributed by atoms with E-state index in [2.05, 4.69) is 9.97 Å². The van der Waals surface area contributed by atoms with Crippen molar-refractivity contribution >= 4 is 21.4 Å². The van der Waals surface area contributed by atoms with E-state index in [0.29, 0.717) is 5.56 Å². The number of sulfone groups is 1. The van der Waals surface area contributed by atoms with E-state index in [-0.39, 0.29) is 27.7 Å². The third kappa shape index (κ3) is 7.00. The Balaban J connectivity index is 1.98. The van der Waals surface area contributed by atoms with Gasteiger partial charge in [0.2, 0.25) is 5.56 Å². The van der Waals surface area contributed by atoms with Crippen molar-refractivity contribution in [1.82, 2.24) is 14.5 Å². The van der Waals surface area contributed by atoms with Crippen molar-refractivity contribution in [2.75, 3.05) is 5.75 Å². The topological polar surface area (TPSA) is 91.2 Å². The van der Waals surface area contributed by atoms with Crippen LogP contribution in [0.4, 0.5) is 17.6 Å². The van der Waals surface area contributed by atoms with Crippen LogP contribution in [-0.4, -0.2) is 34.9 Å². The molecule has 7 nitrogen and oxygen atoms in total. The van der Waals surface area contributed by atoms with Gasteiger partial charge in [0, 0.05) is 31.3 Å². The summed E-state index contributed by atoms with van der Waals surface area (Å²) >= 11 is 5.97. The fourth-order valence-corrected chi connectivity index (χ4v) is 4.48. The van der Waals surface area contributed by atoms with Gasteiger partial charge in [-0.2, -0.15) is 23.1 Å². The SMILES string of the molecule is Cn1cc(-c2cc(CS(=O)(=O)CCCC(F)(F)F)nc(Oc3c(F)cccc3Cl)n2)ccc1=O. The number of alkyl halides is 3. The summed E-state index contributed by atoms with van der Waals surface area (Å²) in [6, 6.07) is 7.37. The molecule has 1 aromatic carbocycles. The smallest absolute Gasteiger partial charge is 0.389 e. The highest BCUT2D eigenvalue weighted by molar-refractivity contribution is 7.90. The monoisotopic (exact) mass is 519 g/mol. The third-order valence-corrected chi connectivity index (χ3v) is 6.48. The summed E-state index contributed by atoms with van der Waals surface area (Å²) < 4.78 is 82.8. The Kier molecular flexibility index (Phi) is 7.61. The summed E-state index contributed by atoms with van der Waals surface area (Å²) in [4.78, 5) is 19.8. The van der Waals surface area contributed by atoms with E-state index in [9.17, 15) is 30.8 Å². The number of aromatic nitrogens is 3. The number of ether oxygens (including phenoxy) is 1. The van der Waals surface area contributed by atoms with Crippen molar-refractivity contribution < 1.29 is 30.7 Å². The molecule has 2 heterocycles. The zero-order valence-electron chi connectivity index (χ0n) is 17.6. The molecule has 13 heteroatoms. The van der Waals surface area contributed by atoms with Crippen LogP contribution < -0.4 is 10.3 Å². The highest BCUT2D eigenvalue weighted by Crippen LogP contribution is 2.32. The first-order chi connectivity index (χ1) is 15.8. The molecule has 0 N–H and O–H groups in total. The zero-order valence-corrected chi connectivity index (χ0v) is 19.2. The first kappa shape index (κ1) is 25.6. The van der Waals surface area contributed by atoms with E-state index in [1.54, 1.807) is 0 Å². The van der Waals surface area contributed by atoms with Crippen molar-refractivity contribution in [3.05, 3.63) is 69.5 Å². The molecule has 2 aromatic heterocycles. The predicted octanol–water partition coefficient (Wildman–Crippen LogP) is 4.68. The molecule has 0 aliphatic heterocycles. The molecule has 0 saturated carbocycles. The standard InChI is InChI=1S/C21H18ClF4N3O4S/c1-29-11-13(6-7-18(29)30)17-10-14(12-34(31,32)9-3-8-21(24,25)26)27-20(28-17)33-19-15(22)4-2-5-16(19)23/h2,4-7,10-11H,3,8-9,12H2,1H3. The van der Waals surface area contributed by atoms with Gasteiger partial charge in [-0.25, -0.2) is 12.8 Å². The van der Waals surface area contributed by atoms with Gasteiger partial charge in [-0.15, -0.1) is 0 Å². The maximum Gasteiger partial charge on any atom is 0.389 e. The number of hydrogen-bond acceptors (Lipinski definition) is 6. The molecule has 0 amide bonds. The Bertz CT molecular complexity index is 1340. The molecule has 0 unspecified atom stereocenters. The molecule has 182 valence electrons. The average Bonchev–Trinajstić information content (AvgIpc) is 2.71. The minimum absolute atomic E-state index is 0.0857. The molecule has 0 bridgehead atoms. The third-order valence-electron chi connectivity index (χ3n) is 4.54. The van der Waals surface area contributed by atoms with Gasteiger partial charge >= 0.3 is 12.2 Å². The molecule has 0 aliphatic carbocycles. The number of para-hydroxylation sites is 1. The van der Waals surface area contributed by atoms with Crippen molar-refractivity contribution in [3.8, 4) is 23.0 Å². The molecular formula is C21H18ClF4N3O4S. The molecule has 0 spiro atoms. The minimum Gasteiger partial charge on any atom is -0.420 e. The Labute approximate surface area is 196 Å². The number of hydrogen-bond donors (Lipinski definition) is 0. The normalized spacial score (nSPS) is 12.1. The van der Waals surface area contributed by atoms with E-state index < -0.39 is 52.2 Å². The van der Waals surface area contributed by atoms with Crippen LogP contribution in [0.5, 0.6) is 11.8 Å². The molecule has 0 atom stereocenters. The van der Waals surface area contributed by atoms with Crippen LogP contribution in [-0.2, 0) is 22.6 Å². The van der Waals surface area contributed by atoms with E-state index in [4.69, 9.17) is 16.3 Å². The highest BCUT2D eigenvalue weighted by Gasteiger charge is 2.28. The average molecular weight is 520 g/mol. The van der Waals surface area contributed by atoms with Crippen molar-refractivity contribution in [1.29, 1.82) is 0 Å². The molecule has 0 saturated heterocycles. The van der Waals surface area contributed by atoms with Gasteiger partial charge < -0.3 is 9.30 Å². The van der Waals surface area contributed by atoms with Gasteiger partial charge in [0.05, 0.1) is 27.9 Å². The lowest BCUT2D eigenvalue weighted by molar-refractivity contribution is -0.134. The maximum atomic E-state index is 14.2. The fourth-order valence-electron chi connectivity index (χ4n) is 2.95. The Morgan fingerprint density at radius 1 is 1.15 bits per heavy atom. The molecule has 0 radical (unpaired) electrons. The molecule has 3 aromatic rings. The number of pyridine rings is 1. The lowest BCUT2D eigenvalue weighted by atomic mass is 10.2. The first-order valence-electron chi connectivity index (χ1n) is 9.77. The molecule has 34 heavy (non-hydrogen) atoms. The summed E-state index contributed by atoms with van der Waals surface area (Å²) in [6.45, 7) is 0. The largest absolute Gasteiger partial charge is 0.420 e. The molecule has 0 fully saturated rings. The van der Waals surface area contributed by atoms with E-state index in [1.807, 2.05) is 0 Å². The predicted molar refractivity (Wildman–Crippen MR) is 117 cm³/mol. The molecule has 0 aliphatic rings. The molecular weight excluding hydrogens is 502 g/mol. The number of aryl methyl sites for hydroxylation is 1. The summed E-state index contributed by atoms with van der Waals surface area (Å²) in [6.07, 6.45) is -4.87. The van der Waals surface area contributed by atoms with Crippen LogP contribution in [0.3, 0.4) is 0 Å². The van der Waals surface area contributed by atoms with Crippen molar-refractivity contribution in [2.45, 2.75) is 24.8 Å². The van der Waals surface area contributed by atoms with Crippen molar-refractivity contribution in [2.24, 2.45) is 7.05 Å². The zero-order chi connectivity index (χ0) is 25.1. The van der Waals surface area contributed by atoms with Crippen LogP contribution in [0.2, 0.25) is 5.02 Å². The number of rotatable bonds is 8. The van der Waals surface area contributed by atoms with Gasteiger partial charge in [-0.05, 0) is 30.7 Å². The minimum atomic E-state index is -4.47. The van der Waals surface area contributed by atoms with Gasteiger partial charge in [0.15, 0.2) is 21.4 Å². The van der Waals surface area contributed by atoms with E-state index >= 15 is 0 Å². The first-order valence-corrected chi connectivity index (χ1v) is 12.0. The second kappa shape index (κ2) is 10.1. The number of halogens is 5. The van der Waals surface area contributed by atoms with Gasteiger partial charge in [-0.1, -0.05) is 17.7 Å². The van der Waals surface area contributed by atoms with Crippen LogP contribution in [0.15, 0.2) is 47.4 Å². The quantitative estimate of drug-likeness (QED) is 0.401. The second-order valence-corrected chi connectivity index (χ2v) is 9.95. The number of benzene rings is 1. The van der Waals surface area contributed by atoms with Crippen LogP contribution in [0.1, 0.15) is 18.5 Å². The van der Waals surface area contributed by atoms with Crippen LogP contribution in [0.25, 0.3) is 11.3 Å². The second-order valence-electron chi connectivity index (χ2n) is 7.36. The van der Waals surface area contributed by atoms with Gasteiger partial charge in [0.1, 0.15) is 0 Å². The Morgan fingerprint density at radius 2 is 1.88 bits per heavy atom. The highest BCUT2D eigenvalue weighted by atomic mass is 35.5. The van der Waals surface area contributed by atoms with Gasteiger partial charge in [-0.3, -0.25) is 4.79 Å². The van der Waals surface area contributed by atoms with Gasteiger partial charge in [0.25, 0.3) is 0 Å². The Hall–Kier alpha value is -2.99. The van der Waals surface area contributed by atoms with Crippen LogP contribution >= 0.6 is 11.6 Å². The summed E-state index contributed by atoms with van der Waals surface area (Å²) in [7, 11) is -2.48. The fraction of sp³-hybridized carbons (Fsp3) is 0.286. The Morgan fingerprint density at radius 3 is 2.53 bits per heavy atom. The number of nitrogens with zero attached hydrogens (tertiary/aromatic N) is 3. The molecule has 3 rings (SSSR count). The summed E-state index contributed by atoms with van der Waals surface area (Å²) in [5.41, 5.74) is 0.145. The lowest BCUT2D eigenvalue weighted by Gasteiger charge is -2.12. The lowest BCUT2D eigenvalue weighted by Crippen LogP contribution is -2.15. The maximum absolute atomic E-state index is 14.2.